The van der Waals surface area contributed by atoms with Crippen molar-refractivity contribution in [1.82, 2.24) is 10.3 Å². The quantitative estimate of drug-likeness (QED) is 0.800. The highest BCUT2D eigenvalue weighted by molar-refractivity contribution is 5.82. The first-order valence-electron chi connectivity index (χ1n) is 5.34. The van der Waals surface area contributed by atoms with E-state index in [2.05, 4.69) is 10.3 Å². The number of anilines is 1. The predicted octanol–water partition coefficient (Wildman–Crippen LogP) is 1.16. The summed E-state index contributed by atoms with van der Waals surface area (Å²) in [4.78, 5) is 15.5. The highest BCUT2D eigenvalue weighted by Crippen LogP contribution is 2.04. The second-order valence-corrected chi connectivity index (χ2v) is 4.91. The molecule has 88 valence electrons. The lowest BCUT2D eigenvalue weighted by Crippen LogP contribution is -2.39. The molecule has 0 saturated heterocycles. The van der Waals surface area contributed by atoms with Gasteiger partial charge in [-0.1, -0.05) is 0 Å². The van der Waals surface area contributed by atoms with Crippen molar-refractivity contribution in [3.63, 3.8) is 0 Å². The number of pyridine rings is 1. The van der Waals surface area contributed by atoms with Gasteiger partial charge >= 0.3 is 0 Å². The summed E-state index contributed by atoms with van der Waals surface area (Å²) in [6.07, 6.45) is 2.02. The van der Waals surface area contributed by atoms with Crippen molar-refractivity contribution in [2.45, 2.75) is 32.7 Å². The Morgan fingerprint density at radius 2 is 2.19 bits per heavy atom. The van der Waals surface area contributed by atoms with Gasteiger partial charge in [0.15, 0.2) is 5.78 Å². The molecule has 0 aliphatic carbocycles. The molecule has 4 nitrogen and oxygen atoms in total. The summed E-state index contributed by atoms with van der Waals surface area (Å²) in [5, 5.41) is 3.16. The minimum absolute atomic E-state index is 0.0348. The number of aromatic nitrogens is 1. The van der Waals surface area contributed by atoms with Crippen molar-refractivity contribution in [3.05, 3.63) is 23.9 Å². The smallest absolute Gasteiger partial charge is 0.150 e. The lowest BCUT2D eigenvalue weighted by atomic mass is 10.1. The topological polar surface area (TPSA) is 68.0 Å². The maximum Gasteiger partial charge on any atom is 0.150 e. The van der Waals surface area contributed by atoms with Gasteiger partial charge < -0.3 is 11.1 Å². The number of carbonyl (C=O) groups excluding carboxylic acids is 1. The van der Waals surface area contributed by atoms with Crippen LogP contribution in [0.2, 0.25) is 0 Å². The number of nitrogens with two attached hydrogens (primary N) is 1. The number of Topliss-reactive ketones (excluding diaryl/α,β-unsaturated/α-hetero) is 1. The molecule has 1 rings (SSSR count). The van der Waals surface area contributed by atoms with Crippen LogP contribution in [0.15, 0.2) is 18.3 Å². The molecule has 0 amide bonds. The Balaban J connectivity index is 2.46. The van der Waals surface area contributed by atoms with Gasteiger partial charge in [0.25, 0.3) is 0 Å². The van der Waals surface area contributed by atoms with Crippen LogP contribution < -0.4 is 11.1 Å². The zero-order chi connectivity index (χ0) is 12.2. The number of nitrogens with one attached hydrogen (secondary N) is 1. The third kappa shape index (κ3) is 4.89. The van der Waals surface area contributed by atoms with Crippen LogP contribution in [0.25, 0.3) is 0 Å². The van der Waals surface area contributed by atoms with E-state index < -0.39 is 0 Å². The normalized spacial score (nSPS) is 11.4. The lowest BCUT2D eigenvalue weighted by molar-refractivity contribution is -0.117. The number of hydrogen-bond donors (Lipinski definition) is 2. The monoisotopic (exact) mass is 221 g/mol. The molecule has 0 spiro atoms. The summed E-state index contributed by atoms with van der Waals surface area (Å²) >= 11 is 0. The molecule has 0 aromatic carbocycles. The molecular weight excluding hydrogens is 202 g/mol. The highest BCUT2D eigenvalue weighted by Gasteiger charge is 2.11. The summed E-state index contributed by atoms with van der Waals surface area (Å²) in [6.45, 7) is 6.48. The average Bonchev–Trinajstić information content (AvgIpc) is 2.14. The first-order chi connectivity index (χ1) is 7.37. The van der Waals surface area contributed by atoms with Crippen LogP contribution in [-0.4, -0.2) is 22.9 Å². The minimum atomic E-state index is -0.0348. The van der Waals surface area contributed by atoms with E-state index in [1.54, 1.807) is 12.3 Å². The molecular formula is C12H19N3O. The molecule has 1 heterocycles. The van der Waals surface area contributed by atoms with Crippen LogP contribution in [0, 0.1) is 0 Å². The number of nitrogens with zero attached hydrogens (tertiary/aromatic N) is 1. The molecule has 1 aromatic rings. The Bertz CT molecular complexity index is 369. The molecule has 4 heteroatoms. The van der Waals surface area contributed by atoms with Crippen molar-refractivity contribution in [2.75, 3.05) is 12.3 Å². The van der Waals surface area contributed by atoms with Gasteiger partial charge in [-0.3, -0.25) is 4.79 Å². The first-order valence-corrected chi connectivity index (χ1v) is 5.34. The summed E-state index contributed by atoms with van der Waals surface area (Å²) in [5.74, 6) is 0.606. The highest BCUT2D eigenvalue weighted by atomic mass is 16.1. The molecule has 3 N–H and O–H groups in total. The molecule has 0 aliphatic rings. The SMILES string of the molecule is CC(C)(C)NCC(=O)Cc1ccnc(N)c1. The molecule has 0 atom stereocenters. The fourth-order valence-electron chi connectivity index (χ4n) is 1.26. The predicted molar refractivity (Wildman–Crippen MR) is 65.1 cm³/mol. The Morgan fingerprint density at radius 3 is 2.75 bits per heavy atom. The van der Waals surface area contributed by atoms with E-state index in [0.717, 1.165) is 5.56 Å². The van der Waals surface area contributed by atoms with Crippen molar-refractivity contribution in [3.8, 4) is 0 Å². The second kappa shape index (κ2) is 5.07. The fourth-order valence-corrected chi connectivity index (χ4v) is 1.26. The molecule has 0 fully saturated rings. The average molecular weight is 221 g/mol. The summed E-state index contributed by atoms with van der Waals surface area (Å²) in [6, 6.07) is 3.54. The van der Waals surface area contributed by atoms with E-state index in [4.69, 9.17) is 5.73 Å². The number of nitrogen functional groups attached to an aromatic ring is 1. The number of rotatable bonds is 4. The number of carbonyl (C=O) groups is 1. The largest absolute Gasteiger partial charge is 0.384 e. The van der Waals surface area contributed by atoms with E-state index in [0.29, 0.717) is 18.8 Å². The van der Waals surface area contributed by atoms with Gasteiger partial charge in [-0.2, -0.15) is 0 Å². The van der Waals surface area contributed by atoms with Crippen LogP contribution in [0.1, 0.15) is 26.3 Å². The third-order valence-electron chi connectivity index (χ3n) is 2.06. The van der Waals surface area contributed by atoms with Gasteiger partial charge in [0.05, 0.1) is 6.54 Å². The van der Waals surface area contributed by atoms with E-state index in [9.17, 15) is 4.79 Å². The molecule has 1 aromatic heterocycles. The van der Waals surface area contributed by atoms with E-state index in [-0.39, 0.29) is 11.3 Å². The van der Waals surface area contributed by atoms with Crippen molar-refractivity contribution in [2.24, 2.45) is 0 Å². The Morgan fingerprint density at radius 1 is 1.50 bits per heavy atom. The van der Waals surface area contributed by atoms with E-state index in [1.807, 2.05) is 26.8 Å². The number of hydrogen-bond acceptors (Lipinski definition) is 4. The zero-order valence-corrected chi connectivity index (χ0v) is 10.1. The molecule has 16 heavy (non-hydrogen) atoms. The fraction of sp³-hybridized carbons (Fsp3) is 0.500. The van der Waals surface area contributed by atoms with Gasteiger partial charge in [-0.05, 0) is 38.5 Å². The summed E-state index contributed by atoms with van der Waals surface area (Å²) < 4.78 is 0. The van der Waals surface area contributed by atoms with Crippen LogP contribution in [-0.2, 0) is 11.2 Å². The molecule has 0 unspecified atom stereocenters. The third-order valence-corrected chi connectivity index (χ3v) is 2.06. The maximum atomic E-state index is 11.6. The van der Waals surface area contributed by atoms with Gasteiger partial charge in [0.2, 0.25) is 0 Å². The summed E-state index contributed by atoms with van der Waals surface area (Å²) in [7, 11) is 0. The van der Waals surface area contributed by atoms with Gasteiger partial charge in [0, 0.05) is 18.2 Å². The summed E-state index contributed by atoms with van der Waals surface area (Å²) in [5.41, 5.74) is 6.42. The molecule has 0 aliphatic heterocycles. The van der Waals surface area contributed by atoms with Gasteiger partial charge in [0.1, 0.15) is 5.82 Å². The Labute approximate surface area is 96.3 Å². The molecule has 0 radical (unpaired) electrons. The van der Waals surface area contributed by atoms with Crippen molar-refractivity contribution >= 4 is 11.6 Å². The maximum absolute atomic E-state index is 11.6. The van der Waals surface area contributed by atoms with Crippen molar-refractivity contribution < 1.29 is 4.79 Å². The van der Waals surface area contributed by atoms with Crippen LogP contribution in [0.5, 0.6) is 0 Å². The van der Waals surface area contributed by atoms with E-state index in [1.165, 1.54) is 0 Å². The second-order valence-electron chi connectivity index (χ2n) is 4.91. The van der Waals surface area contributed by atoms with Gasteiger partial charge in [-0.25, -0.2) is 4.98 Å². The van der Waals surface area contributed by atoms with Crippen LogP contribution in [0.4, 0.5) is 5.82 Å². The van der Waals surface area contributed by atoms with Crippen LogP contribution in [0.3, 0.4) is 0 Å². The van der Waals surface area contributed by atoms with E-state index >= 15 is 0 Å². The Hall–Kier alpha value is -1.42. The number of ketones is 1. The minimum Gasteiger partial charge on any atom is -0.384 e. The lowest BCUT2D eigenvalue weighted by Gasteiger charge is -2.19. The molecule has 0 bridgehead atoms. The Kier molecular flexibility index (Phi) is 4.01. The van der Waals surface area contributed by atoms with Crippen molar-refractivity contribution in [1.29, 1.82) is 0 Å². The first kappa shape index (κ1) is 12.6. The van der Waals surface area contributed by atoms with Crippen LogP contribution >= 0.6 is 0 Å². The zero-order valence-electron chi connectivity index (χ0n) is 10.1. The standard InChI is InChI=1S/C12H19N3O/c1-12(2,3)15-8-10(16)6-9-4-5-14-11(13)7-9/h4-5,7,15H,6,8H2,1-3H3,(H2,13,14). The van der Waals surface area contributed by atoms with Gasteiger partial charge in [-0.15, -0.1) is 0 Å². The molecule has 0 saturated carbocycles.